The SMILES string of the molecule is C[C@@H](NC(=O)COC(=O)c1ccc(N(C)C)cc1)c1cc2ccccc2o1. The van der Waals surface area contributed by atoms with E-state index in [0.29, 0.717) is 11.3 Å². The topological polar surface area (TPSA) is 71.8 Å². The van der Waals surface area contributed by atoms with Crippen LogP contribution in [0.15, 0.2) is 59.0 Å². The highest BCUT2D eigenvalue weighted by molar-refractivity contribution is 5.91. The van der Waals surface area contributed by atoms with E-state index in [4.69, 9.17) is 9.15 Å². The van der Waals surface area contributed by atoms with Crippen LogP contribution in [-0.2, 0) is 9.53 Å². The molecule has 2 aromatic carbocycles. The van der Waals surface area contributed by atoms with Crippen LogP contribution in [0.4, 0.5) is 5.69 Å². The summed E-state index contributed by atoms with van der Waals surface area (Å²) in [6, 6.07) is 16.2. The number of nitrogens with zero attached hydrogens (tertiary/aromatic N) is 1. The third-order valence-electron chi connectivity index (χ3n) is 4.20. The lowest BCUT2D eigenvalue weighted by Gasteiger charge is -2.13. The molecule has 1 atom stereocenters. The van der Waals surface area contributed by atoms with Crippen molar-refractivity contribution < 1.29 is 18.7 Å². The minimum atomic E-state index is -0.535. The molecule has 0 saturated heterocycles. The van der Waals surface area contributed by atoms with Gasteiger partial charge in [-0.1, -0.05) is 18.2 Å². The Kier molecular flexibility index (Phi) is 5.45. The highest BCUT2D eigenvalue weighted by Gasteiger charge is 2.16. The maximum Gasteiger partial charge on any atom is 0.338 e. The zero-order valence-electron chi connectivity index (χ0n) is 15.6. The van der Waals surface area contributed by atoms with Crippen LogP contribution in [0.1, 0.15) is 29.1 Å². The maximum atomic E-state index is 12.1. The molecule has 0 fully saturated rings. The van der Waals surface area contributed by atoms with Gasteiger partial charge in [0.1, 0.15) is 11.3 Å². The summed E-state index contributed by atoms with van der Waals surface area (Å²) >= 11 is 0. The van der Waals surface area contributed by atoms with E-state index in [-0.39, 0.29) is 18.6 Å². The quantitative estimate of drug-likeness (QED) is 0.676. The van der Waals surface area contributed by atoms with Crippen LogP contribution >= 0.6 is 0 Å². The normalized spacial score (nSPS) is 11.8. The minimum absolute atomic E-state index is 0.331. The molecule has 0 unspecified atom stereocenters. The molecule has 1 amide bonds. The van der Waals surface area contributed by atoms with Gasteiger partial charge < -0.3 is 19.4 Å². The van der Waals surface area contributed by atoms with Gasteiger partial charge in [0, 0.05) is 25.2 Å². The number of rotatable bonds is 6. The molecular weight excluding hydrogens is 344 g/mol. The van der Waals surface area contributed by atoms with Crippen molar-refractivity contribution in [1.82, 2.24) is 5.32 Å². The molecule has 0 bridgehead atoms. The van der Waals surface area contributed by atoms with Crippen LogP contribution in [0.5, 0.6) is 0 Å². The van der Waals surface area contributed by atoms with Crippen LogP contribution in [0.2, 0.25) is 0 Å². The molecule has 140 valence electrons. The predicted octanol–water partition coefficient (Wildman–Crippen LogP) is 3.53. The molecular formula is C21H22N2O4. The predicted molar refractivity (Wildman–Crippen MR) is 104 cm³/mol. The van der Waals surface area contributed by atoms with E-state index in [0.717, 1.165) is 16.7 Å². The first-order valence-corrected chi connectivity index (χ1v) is 8.66. The first-order chi connectivity index (χ1) is 12.9. The number of carbonyl (C=O) groups is 2. The lowest BCUT2D eigenvalue weighted by atomic mass is 10.2. The Bertz CT molecular complexity index is 911. The standard InChI is InChI=1S/C21H22N2O4/c1-14(19-12-16-6-4-5-7-18(16)27-19)22-20(24)13-26-21(25)15-8-10-17(11-9-15)23(2)3/h4-12,14H,13H2,1-3H3,(H,22,24)/t14-/m1/s1. The average Bonchev–Trinajstić information content (AvgIpc) is 3.10. The summed E-state index contributed by atoms with van der Waals surface area (Å²) < 4.78 is 10.8. The summed E-state index contributed by atoms with van der Waals surface area (Å²) in [5.41, 5.74) is 2.14. The first-order valence-electron chi connectivity index (χ1n) is 8.66. The second kappa shape index (κ2) is 7.95. The largest absolute Gasteiger partial charge is 0.459 e. The van der Waals surface area contributed by atoms with E-state index < -0.39 is 5.97 Å². The van der Waals surface area contributed by atoms with Gasteiger partial charge in [0.05, 0.1) is 11.6 Å². The molecule has 3 aromatic rings. The van der Waals surface area contributed by atoms with Gasteiger partial charge in [0.2, 0.25) is 0 Å². The van der Waals surface area contributed by atoms with E-state index in [2.05, 4.69) is 5.32 Å². The van der Waals surface area contributed by atoms with Crippen molar-refractivity contribution in [3.05, 3.63) is 65.9 Å². The number of esters is 1. The fourth-order valence-electron chi connectivity index (χ4n) is 2.68. The van der Waals surface area contributed by atoms with Crippen molar-refractivity contribution in [2.75, 3.05) is 25.6 Å². The van der Waals surface area contributed by atoms with Gasteiger partial charge in [-0.15, -0.1) is 0 Å². The highest BCUT2D eigenvalue weighted by atomic mass is 16.5. The van der Waals surface area contributed by atoms with Gasteiger partial charge in [-0.05, 0) is 43.3 Å². The summed E-state index contributed by atoms with van der Waals surface area (Å²) in [6.07, 6.45) is 0. The molecule has 27 heavy (non-hydrogen) atoms. The molecule has 6 heteroatoms. The highest BCUT2D eigenvalue weighted by Crippen LogP contribution is 2.23. The Morgan fingerprint density at radius 3 is 2.48 bits per heavy atom. The van der Waals surface area contributed by atoms with Crippen molar-refractivity contribution in [3.8, 4) is 0 Å². The second-order valence-electron chi connectivity index (χ2n) is 6.49. The van der Waals surface area contributed by atoms with Crippen LogP contribution in [-0.4, -0.2) is 32.6 Å². The van der Waals surface area contributed by atoms with Gasteiger partial charge in [0.25, 0.3) is 5.91 Å². The molecule has 0 saturated carbocycles. The first kappa shape index (κ1) is 18.5. The Hall–Kier alpha value is -3.28. The molecule has 0 aliphatic carbocycles. The number of amides is 1. The number of para-hydroxylation sites is 1. The Balaban J connectivity index is 1.53. The molecule has 1 heterocycles. The molecule has 6 nitrogen and oxygen atoms in total. The number of hydrogen-bond acceptors (Lipinski definition) is 5. The molecule has 1 aromatic heterocycles. The van der Waals surface area contributed by atoms with E-state index in [1.54, 1.807) is 12.1 Å². The summed E-state index contributed by atoms with van der Waals surface area (Å²) in [5, 5.41) is 3.74. The molecule has 0 aliphatic heterocycles. The van der Waals surface area contributed by atoms with Crippen LogP contribution in [0.25, 0.3) is 11.0 Å². The zero-order chi connectivity index (χ0) is 19.4. The van der Waals surface area contributed by atoms with E-state index in [1.165, 1.54) is 0 Å². The number of ether oxygens (including phenoxy) is 1. The molecule has 0 aliphatic rings. The van der Waals surface area contributed by atoms with Crippen molar-refractivity contribution in [3.63, 3.8) is 0 Å². The van der Waals surface area contributed by atoms with Crippen molar-refractivity contribution in [2.45, 2.75) is 13.0 Å². The van der Waals surface area contributed by atoms with Crippen molar-refractivity contribution >= 4 is 28.5 Å². The Morgan fingerprint density at radius 2 is 1.81 bits per heavy atom. The lowest BCUT2D eigenvalue weighted by Crippen LogP contribution is -2.31. The molecule has 0 radical (unpaired) electrons. The fourth-order valence-corrected chi connectivity index (χ4v) is 2.68. The average molecular weight is 366 g/mol. The van der Waals surface area contributed by atoms with Crippen LogP contribution in [0, 0.1) is 0 Å². The fraction of sp³-hybridized carbons (Fsp3) is 0.238. The summed E-state index contributed by atoms with van der Waals surface area (Å²) in [6.45, 7) is 1.47. The third-order valence-corrected chi connectivity index (χ3v) is 4.20. The van der Waals surface area contributed by atoms with Gasteiger partial charge in [-0.3, -0.25) is 4.79 Å². The maximum absolute atomic E-state index is 12.1. The Labute approximate surface area is 157 Å². The number of carbonyl (C=O) groups excluding carboxylic acids is 2. The van der Waals surface area contributed by atoms with Gasteiger partial charge in [0.15, 0.2) is 6.61 Å². The lowest BCUT2D eigenvalue weighted by molar-refractivity contribution is -0.125. The molecule has 1 N–H and O–H groups in total. The number of anilines is 1. The monoisotopic (exact) mass is 366 g/mol. The van der Waals surface area contributed by atoms with Crippen LogP contribution in [0.3, 0.4) is 0 Å². The second-order valence-corrected chi connectivity index (χ2v) is 6.49. The molecule has 0 spiro atoms. The van der Waals surface area contributed by atoms with E-state index >= 15 is 0 Å². The van der Waals surface area contributed by atoms with Gasteiger partial charge in [-0.2, -0.15) is 0 Å². The van der Waals surface area contributed by atoms with Gasteiger partial charge >= 0.3 is 5.97 Å². The zero-order valence-corrected chi connectivity index (χ0v) is 15.6. The number of furan rings is 1. The minimum Gasteiger partial charge on any atom is -0.459 e. The number of fused-ring (bicyclic) bond motifs is 1. The summed E-state index contributed by atoms with van der Waals surface area (Å²) in [5.74, 6) is -0.275. The van der Waals surface area contributed by atoms with E-state index in [1.807, 2.05) is 68.4 Å². The van der Waals surface area contributed by atoms with Crippen molar-refractivity contribution in [1.29, 1.82) is 0 Å². The van der Waals surface area contributed by atoms with Crippen LogP contribution < -0.4 is 10.2 Å². The summed E-state index contributed by atoms with van der Waals surface area (Å²) in [4.78, 5) is 26.1. The number of nitrogens with one attached hydrogen (secondary N) is 1. The smallest absolute Gasteiger partial charge is 0.338 e. The third kappa shape index (κ3) is 4.47. The van der Waals surface area contributed by atoms with Gasteiger partial charge in [-0.25, -0.2) is 4.79 Å². The number of benzene rings is 2. The van der Waals surface area contributed by atoms with Crippen molar-refractivity contribution in [2.24, 2.45) is 0 Å². The Morgan fingerprint density at radius 1 is 1.11 bits per heavy atom. The number of hydrogen-bond donors (Lipinski definition) is 1. The molecule has 3 rings (SSSR count). The summed E-state index contributed by atoms with van der Waals surface area (Å²) in [7, 11) is 3.84. The van der Waals surface area contributed by atoms with E-state index in [9.17, 15) is 9.59 Å².